The summed E-state index contributed by atoms with van der Waals surface area (Å²) in [6.07, 6.45) is 5.57. The lowest BCUT2D eigenvalue weighted by atomic mass is 9.99. The van der Waals surface area contributed by atoms with E-state index in [0.717, 1.165) is 31.1 Å². The normalized spacial score (nSPS) is 15.5. The summed E-state index contributed by atoms with van der Waals surface area (Å²) in [6, 6.07) is 8.96. The van der Waals surface area contributed by atoms with Crippen molar-refractivity contribution >= 4 is 41.0 Å². The van der Waals surface area contributed by atoms with E-state index >= 15 is 0 Å². The number of aromatic amines is 1. The molecule has 27 heavy (non-hydrogen) atoms. The standard InChI is InChI=1S/C19H19ClN4O2.ClH/c20-15-6-2-1-5-13(15)14-9-12-10-21-18(23-16(12)22-17(14)26)24-19(11-25)7-3-4-8-19;/h1-2,5-6,9-10,25H,3-4,7-8,11H2,(H2,21,22,23,24,26);1H. The van der Waals surface area contributed by atoms with Crippen LogP contribution in [0.5, 0.6) is 0 Å². The molecule has 4 rings (SSSR count). The molecule has 1 aliphatic rings. The van der Waals surface area contributed by atoms with Crippen LogP contribution in [-0.4, -0.2) is 32.2 Å². The lowest BCUT2D eigenvalue weighted by molar-refractivity contribution is 0.213. The SMILES string of the molecule is Cl.O=c1[nH]c2nc(NC3(CO)CCCC3)ncc2cc1-c1ccccc1Cl. The zero-order chi connectivity index (χ0) is 18.1. The minimum Gasteiger partial charge on any atom is -0.394 e. The molecule has 8 heteroatoms. The number of rotatable bonds is 4. The molecule has 0 amide bonds. The lowest BCUT2D eigenvalue weighted by Gasteiger charge is -2.27. The van der Waals surface area contributed by atoms with Gasteiger partial charge in [0.1, 0.15) is 5.65 Å². The highest BCUT2D eigenvalue weighted by Gasteiger charge is 2.33. The third-order valence-electron chi connectivity index (χ3n) is 5.00. The minimum absolute atomic E-state index is 0. The highest BCUT2D eigenvalue weighted by Crippen LogP contribution is 2.32. The highest BCUT2D eigenvalue weighted by atomic mass is 35.5. The molecule has 3 aromatic rings. The average molecular weight is 407 g/mol. The molecular formula is C19H20Cl2N4O2. The van der Waals surface area contributed by atoms with Crippen molar-refractivity contribution in [3.63, 3.8) is 0 Å². The van der Waals surface area contributed by atoms with Gasteiger partial charge in [-0.2, -0.15) is 4.98 Å². The second-order valence-electron chi connectivity index (χ2n) is 6.76. The summed E-state index contributed by atoms with van der Waals surface area (Å²) in [5.41, 5.74) is 0.980. The van der Waals surface area contributed by atoms with Crippen molar-refractivity contribution < 1.29 is 5.11 Å². The van der Waals surface area contributed by atoms with Crippen molar-refractivity contribution in [3.8, 4) is 11.1 Å². The number of hydrogen-bond acceptors (Lipinski definition) is 5. The molecule has 1 aromatic carbocycles. The van der Waals surface area contributed by atoms with Crippen LogP contribution in [0.3, 0.4) is 0 Å². The maximum atomic E-state index is 12.5. The number of H-pyrrole nitrogens is 1. The lowest BCUT2D eigenvalue weighted by Crippen LogP contribution is -2.39. The van der Waals surface area contributed by atoms with Crippen LogP contribution in [0.2, 0.25) is 5.02 Å². The van der Waals surface area contributed by atoms with E-state index in [-0.39, 0.29) is 30.1 Å². The van der Waals surface area contributed by atoms with Crippen molar-refractivity contribution in [2.75, 3.05) is 11.9 Å². The molecule has 0 saturated heterocycles. The topological polar surface area (TPSA) is 90.9 Å². The van der Waals surface area contributed by atoms with Gasteiger partial charge in [-0.3, -0.25) is 4.79 Å². The van der Waals surface area contributed by atoms with E-state index in [4.69, 9.17) is 11.6 Å². The predicted molar refractivity (Wildman–Crippen MR) is 110 cm³/mol. The molecule has 3 N–H and O–H groups in total. The van der Waals surface area contributed by atoms with Crippen molar-refractivity contribution in [1.29, 1.82) is 0 Å². The fraction of sp³-hybridized carbons (Fsp3) is 0.316. The third-order valence-corrected chi connectivity index (χ3v) is 5.33. The smallest absolute Gasteiger partial charge is 0.257 e. The largest absolute Gasteiger partial charge is 0.394 e. The zero-order valence-corrected chi connectivity index (χ0v) is 16.1. The van der Waals surface area contributed by atoms with Crippen molar-refractivity contribution in [2.45, 2.75) is 31.2 Å². The van der Waals surface area contributed by atoms with Gasteiger partial charge in [0, 0.05) is 27.7 Å². The number of aromatic nitrogens is 3. The molecule has 0 unspecified atom stereocenters. The summed E-state index contributed by atoms with van der Waals surface area (Å²) in [4.78, 5) is 24.1. The molecule has 6 nitrogen and oxygen atoms in total. The van der Waals surface area contributed by atoms with Crippen LogP contribution in [0.25, 0.3) is 22.2 Å². The predicted octanol–water partition coefficient (Wildman–Crippen LogP) is 3.78. The number of anilines is 1. The first-order chi connectivity index (χ1) is 12.6. The molecule has 2 heterocycles. The van der Waals surface area contributed by atoms with Crippen LogP contribution in [0.15, 0.2) is 41.3 Å². The van der Waals surface area contributed by atoms with Gasteiger partial charge in [-0.05, 0) is 25.0 Å². The number of pyridine rings is 1. The number of nitrogens with zero attached hydrogens (tertiary/aromatic N) is 2. The highest BCUT2D eigenvalue weighted by molar-refractivity contribution is 6.33. The summed E-state index contributed by atoms with van der Waals surface area (Å²) in [5, 5.41) is 14.2. The second kappa shape index (κ2) is 7.84. The van der Waals surface area contributed by atoms with Crippen LogP contribution in [0, 0.1) is 0 Å². The molecule has 0 atom stereocenters. The van der Waals surface area contributed by atoms with Crippen LogP contribution in [0.4, 0.5) is 5.95 Å². The maximum absolute atomic E-state index is 12.5. The first-order valence-corrected chi connectivity index (χ1v) is 9.02. The van der Waals surface area contributed by atoms with Gasteiger partial charge in [0.05, 0.1) is 12.1 Å². The fourth-order valence-corrected chi connectivity index (χ4v) is 3.78. The Hall–Kier alpha value is -2.15. The summed E-state index contributed by atoms with van der Waals surface area (Å²) in [5.74, 6) is 0.412. The summed E-state index contributed by atoms with van der Waals surface area (Å²) < 4.78 is 0. The second-order valence-corrected chi connectivity index (χ2v) is 7.17. The van der Waals surface area contributed by atoms with Gasteiger partial charge >= 0.3 is 0 Å². The molecular weight excluding hydrogens is 387 g/mol. The van der Waals surface area contributed by atoms with Crippen LogP contribution < -0.4 is 10.9 Å². The fourth-order valence-electron chi connectivity index (χ4n) is 3.54. The minimum atomic E-state index is -0.370. The molecule has 0 aliphatic heterocycles. The Morgan fingerprint density at radius 1 is 1.22 bits per heavy atom. The van der Waals surface area contributed by atoms with Crippen LogP contribution >= 0.6 is 24.0 Å². The van der Waals surface area contributed by atoms with Gasteiger partial charge in [-0.1, -0.05) is 42.6 Å². The number of aliphatic hydroxyl groups excluding tert-OH is 1. The van der Waals surface area contributed by atoms with Gasteiger partial charge in [0.25, 0.3) is 5.56 Å². The quantitative estimate of drug-likeness (QED) is 0.613. The van der Waals surface area contributed by atoms with Gasteiger partial charge in [0.15, 0.2) is 0 Å². The first kappa shape index (κ1) is 19.6. The Labute approximate surface area is 167 Å². The monoisotopic (exact) mass is 406 g/mol. The number of halogens is 2. The number of hydrogen-bond donors (Lipinski definition) is 3. The van der Waals surface area contributed by atoms with E-state index in [1.807, 2.05) is 12.1 Å². The first-order valence-electron chi connectivity index (χ1n) is 8.64. The molecule has 0 spiro atoms. The van der Waals surface area contributed by atoms with Gasteiger partial charge in [-0.15, -0.1) is 12.4 Å². The maximum Gasteiger partial charge on any atom is 0.257 e. The number of benzene rings is 1. The van der Waals surface area contributed by atoms with E-state index in [1.54, 1.807) is 24.4 Å². The summed E-state index contributed by atoms with van der Waals surface area (Å²) in [6.45, 7) is 0.0381. The van der Waals surface area contributed by atoms with E-state index in [9.17, 15) is 9.90 Å². The van der Waals surface area contributed by atoms with Gasteiger partial charge in [0.2, 0.25) is 5.95 Å². The van der Waals surface area contributed by atoms with E-state index < -0.39 is 0 Å². The van der Waals surface area contributed by atoms with E-state index in [2.05, 4.69) is 20.3 Å². The Bertz CT molecular complexity index is 1020. The Morgan fingerprint density at radius 2 is 1.96 bits per heavy atom. The van der Waals surface area contributed by atoms with E-state index in [1.165, 1.54) is 0 Å². The molecule has 1 aliphatic carbocycles. The molecule has 1 saturated carbocycles. The van der Waals surface area contributed by atoms with Crippen molar-refractivity contribution in [2.24, 2.45) is 0 Å². The number of aliphatic hydroxyl groups is 1. The third kappa shape index (κ3) is 3.78. The van der Waals surface area contributed by atoms with Crippen molar-refractivity contribution in [1.82, 2.24) is 15.0 Å². The average Bonchev–Trinajstić information content (AvgIpc) is 3.11. The summed E-state index contributed by atoms with van der Waals surface area (Å²) >= 11 is 6.22. The van der Waals surface area contributed by atoms with Crippen LogP contribution in [0.1, 0.15) is 25.7 Å². The van der Waals surface area contributed by atoms with E-state index in [0.29, 0.717) is 27.7 Å². The molecule has 2 aromatic heterocycles. The zero-order valence-electron chi connectivity index (χ0n) is 14.5. The van der Waals surface area contributed by atoms with Crippen LogP contribution in [-0.2, 0) is 0 Å². The Balaban J connectivity index is 0.00000210. The summed E-state index contributed by atoms with van der Waals surface area (Å²) in [7, 11) is 0. The molecule has 0 radical (unpaired) electrons. The number of nitrogens with one attached hydrogen (secondary N) is 2. The Morgan fingerprint density at radius 3 is 2.67 bits per heavy atom. The number of fused-ring (bicyclic) bond motifs is 1. The van der Waals surface area contributed by atoms with Gasteiger partial charge in [-0.25, -0.2) is 4.98 Å². The molecule has 0 bridgehead atoms. The molecule has 1 fully saturated rings. The molecule has 142 valence electrons. The van der Waals surface area contributed by atoms with Crippen molar-refractivity contribution in [3.05, 3.63) is 51.9 Å². The Kier molecular flexibility index (Phi) is 5.69. The van der Waals surface area contributed by atoms with Gasteiger partial charge < -0.3 is 15.4 Å².